The Bertz CT molecular complexity index is 694. The van der Waals surface area contributed by atoms with E-state index in [1.165, 1.54) is 11.1 Å². The number of carbonyl (C=O) groups is 2. The van der Waals surface area contributed by atoms with Gasteiger partial charge in [0.15, 0.2) is 0 Å². The first-order valence-electron chi connectivity index (χ1n) is 9.94. The third-order valence-electron chi connectivity index (χ3n) is 6.42. The summed E-state index contributed by atoms with van der Waals surface area (Å²) in [6, 6.07) is 6.16. The van der Waals surface area contributed by atoms with Gasteiger partial charge >= 0.3 is 0 Å². The molecule has 0 spiro atoms. The van der Waals surface area contributed by atoms with Crippen molar-refractivity contribution in [3.05, 3.63) is 34.9 Å². The van der Waals surface area contributed by atoms with E-state index in [1.54, 1.807) is 0 Å². The third-order valence-corrected chi connectivity index (χ3v) is 6.42. The van der Waals surface area contributed by atoms with Crippen LogP contribution in [-0.2, 0) is 22.4 Å². The Kier molecular flexibility index (Phi) is 4.98. The number of hydrogen-bond acceptors (Lipinski definition) is 3. The molecule has 1 aromatic carbocycles. The summed E-state index contributed by atoms with van der Waals surface area (Å²) in [7, 11) is 0. The normalized spacial score (nSPS) is 26.1. The molecule has 0 aromatic heterocycles. The van der Waals surface area contributed by atoms with Crippen molar-refractivity contribution < 1.29 is 14.3 Å². The Labute approximate surface area is 154 Å². The molecule has 5 heteroatoms. The summed E-state index contributed by atoms with van der Waals surface area (Å²) in [5.74, 6) is 0.319. The lowest BCUT2D eigenvalue weighted by atomic mass is 9.86. The lowest BCUT2D eigenvalue weighted by Crippen LogP contribution is -2.40. The summed E-state index contributed by atoms with van der Waals surface area (Å²) >= 11 is 0. The zero-order valence-corrected chi connectivity index (χ0v) is 15.3. The van der Waals surface area contributed by atoms with Gasteiger partial charge < -0.3 is 15.4 Å². The molecule has 140 valence electrons. The van der Waals surface area contributed by atoms with Crippen molar-refractivity contribution in [1.82, 2.24) is 4.90 Å². The Hall–Kier alpha value is -1.88. The van der Waals surface area contributed by atoms with Crippen molar-refractivity contribution >= 4 is 11.8 Å². The number of fused-ring (bicyclic) bond motifs is 1. The van der Waals surface area contributed by atoms with Gasteiger partial charge in [0, 0.05) is 25.3 Å². The van der Waals surface area contributed by atoms with E-state index >= 15 is 0 Å². The van der Waals surface area contributed by atoms with Gasteiger partial charge in [0.25, 0.3) is 5.91 Å². The smallest absolute Gasteiger partial charge is 0.254 e. The van der Waals surface area contributed by atoms with Crippen LogP contribution in [0.1, 0.15) is 53.6 Å². The maximum absolute atomic E-state index is 13.0. The van der Waals surface area contributed by atoms with Crippen LogP contribution in [0.5, 0.6) is 0 Å². The lowest BCUT2D eigenvalue weighted by molar-refractivity contribution is -0.123. The van der Waals surface area contributed by atoms with E-state index in [9.17, 15) is 9.59 Å². The summed E-state index contributed by atoms with van der Waals surface area (Å²) in [5.41, 5.74) is 9.02. The molecule has 2 heterocycles. The predicted molar refractivity (Wildman–Crippen MR) is 98.8 cm³/mol. The topological polar surface area (TPSA) is 72.6 Å². The van der Waals surface area contributed by atoms with Gasteiger partial charge in [0.1, 0.15) is 0 Å². The first-order valence-corrected chi connectivity index (χ1v) is 9.94. The maximum Gasteiger partial charge on any atom is 0.254 e. The number of nitrogens with zero attached hydrogens (tertiary/aromatic N) is 1. The zero-order chi connectivity index (χ0) is 18.1. The van der Waals surface area contributed by atoms with Gasteiger partial charge in [-0.2, -0.15) is 0 Å². The van der Waals surface area contributed by atoms with Crippen LogP contribution in [-0.4, -0.2) is 42.5 Å². The fraction of sp³-hybridized carbons (Fsp3) is 0.619. The number of likely N-dealkylation sites (tertiary alicyclic amines) is 1. The van der Waals surface area contributed by atoms with Gasteiger partial charge in [-0.05, 0) is 68.1 Å². The maximum atomic E-state index is 13.0. The molecule has 1 aromatic rings. The molecule has 0 radical (unpaired) electrons. The first-order chi connectivity index (χ1) is 12.6. The largest absolute Gasteiger partial charge is 0.377 e. The van der Waals surface area contributed by atoms with Gasteiger partial charge in [-0.1, -0.05) is 12.1 Å². The molecule has 2 fully saturated rings. The van der Waals surface area contributed by atoms with Crippen molar-refractivity contribution in [1.29, 1.82) is 0 Å². The van der Waals surface area contributed by atoms with Gasteiger partial charge in [0.05, 0.1) is 12.0 Å². The zero-order valence-electron chi connectivity index (χ0n) is 15.3. The summed E-state index contributed by atoms with van der Waals surface area (Å²) < 4.78 is 5.74. The molecule has 26 heavy (non-hydrogen) atoms. The summed E-state index contributed by atoms with van der Waals surface area (Å²) in [4.78, 5) is 26.5. The number of amides is 2. The Morgan fingerprint density at radius 3 is 2.73 bits per heavy atom. The molecule has 2 atom stereocenters. The Morgan fingerprint density at radius 1 is 1.15 bits per heavy atom. The molecule has 4 rings (SSSR count). The van der Waals surface area contributed by atoms with Crippen LogP contribution in [0.2, 0.25) is 0 Å². The molecular formula is C21H28N2O3. The molecule has 0 bridgehead atoms. The van der Waals surface area contributed by atoms with E-state index < -0.39 is 0 Å². The van der Waals surface area contributed by atoms with E-state index in [0.717, 1.165) is 63.6 Å². The number of benzene rings is 1. The van der Waals surface area contributed by atoms with E-state index in [0.29, 0.717) is 12.5 Å². The first kappa shape index (κ1) is 17.5. The van der Waals surface area contributed by atoms with Crippen molar-refractivity contribution in [2.45, 2.75) is 51.0 Å². The summed E-state index contributed by atoms with van der Waals surface area (Å²) in [6.45, 7) is 2.22. The molecule has 5 nitrogen and oxygen atoms in total. The summed E-state index contributed by atoms with van der Waals surface area (Å²) in [6.07, 6.45) is 6.84. The molecule has 2 saturated heterocycles. The van der Waals surface area contributed by atoms with E-state index in [4.69, 9.17) is 10.5 Å². The highest BCUT2D eigenvalue weighted by molar-refractivity contribution is 5.96. The van der Waals surface area contributed by atoms with E-state index in [2.05, 4.69) is 6.07 Å². The highest BCUT2D eigenvalue weighted by Crippen LogP contribution is 2.32. The SMILES string of the molecule is NC(=O)[C@@H]1CCO[C@@H]1CC1CCN(C(=O)c2cccc3c2CCC3)CC1. The second-order valence-electron chi connectivity index (χ2n) is 7.97. The fourth-order valence-electron chi connectivity index (χ4n) is 4.90. The van der Waals surface area contributed by atoms with Gasteiger partial charge in [-0.25, -0.2) is 0 Å². The van der Waals surface area contributed by atoms with Gasteiger partial charge in [-0.3, -0.25) is 9.59 Å². The number of hydrogen-bond donors (Lipinski definition) is 1. The van der Waals surface area contributed by atoms with Crippen molar-refractivity contribution in [3.8, 4) is 0 Å². The number of carbonyl (C=O) groups excluding carboxylic acids is 2. The Morgan fingerprint density at radius 2 is 1.96 bits per heavy atom. The van der Waals surface area contributed by atoms with Crippen LogP contribution in [0.3, 0.4) is 0 Å². The summed E-state index contributed by atoms with van der Waals surface area (Å²) in [5, 5.41) is 0. The number of ether oxygens (including phenoxy) is 1. The van der Waals surface area contributed by atoms with Crippen LogP contribution in [0.15, 0.2) is 18.2 Å². The molecule has 0 unspecified atom stereocenters. The number of rotatable bonds is 4. The van der Waals surface area contributed by atoms with Crippen LogP contribution in [0, 0.1) is 11.8 Å². The van der Waals surface area contributed by atoms with Crippen molar-refractivity contribution in [2.75, 3.05) is 19.7 Å². The van der Waals surface area contributed by atoms with Crippen LogP contribution >= 0.6 is 0 Å². The average Bonchev–Trinajstić information content (AvgIpc) is 3.30. The fourth-order valence-corrected chi connectivity index (χ4v) is 4.90. The second-order valence-corrected chi connectivity index (χ2v) is 7.97. The standard InChI is InChI=1S/C21H28N2O3/c22-20(24)18-9-12-26-19(18)13-14-7-10-23(11-8-14)21(25)17-6-2-4-15-3-1-5-16(15)17/h2,4,6,14,18-19H,1,3,5,7-13H2,(H2,22,24)/t18-,19-/m1/s1. The molecule has 2 N–H and O–H groups in total. The highest BCUT2D eigenvalue weighted by atomic mass is 16.5. The molecule has 2 amide bonds. The minimum Gasteiger partial charge on any atom is -0.377 e. The lowest BCUT2D eigenvalue weighted by Gasteiger charge is -2.34. The monoisotopic (exact) mass is 356 g/mol. The molecule has 3 aliphatic rings. The second kappa shape index (κ2) is 7.39. The Balaban J connectivity index is 1.35. The van der Waals surface area contributed by atoms with Gasteiger partial charge in [0.2, 0.25) is 5.91 Å². The predicted octanol–water partition coefficient (Wildman–Crippen LogP) is 2.31. The molecule has 0 saturated carbocycles. The minimum atomic E-state index is -0.238. The number of nitrogens with two attached hydrogens (primary N) is 1. The van der Waals surface area contributed by atoms with Gasteiger partial charge in [-0.15, -0.1) is 0 Å². The molecule has 1 aliphatic carbocycles. The number of piperidine rings is 1. The van der Waals surface area contributed by atoms with Crippen LogP contribution < -0.4 is 5.73 Å². The average molecular weight is 356 g/mol. The van der Waals surface area contributed by atoms with Crippen molar-refractivity contribution in [2.24, 2.45) is 17.6 Å². The number of primary amides is 1. The minimum absolute atomic E-state index is 0.0304. The van der Waals surface area contributed by atoms with Crippen LogP contribution in [0.25, 0.3) is 0 Å². The van der Waals surface area contributed by atoms with Crippen molar-refractivity contribution in [3.63, 3.8) is 0 Å². The van der Waals surface area contributed by atoms with E-state index in [-0.39, 0.29) is 23.8 Å². The highest BCUT2D eigenvalue weighted by Gasteiger charge is 2.35. The number of aryl methyl sites for hydroxylation is 1. The molecular weight excluding hydrogens is 328 g/mol. The van der Waals surface area contributed by atoms with E-state index in [1.807, 2.05) is 17.0 Å². The third kappa shape index (κ3) is 3.37. The van der Waals surface area contributed by atoms with Crippen LogP contribution in [0.4, 0.5) is 0 Å². The molecule has 2 aliphatic heterocycles. The quantitative estimate of drug-likeness (QED) is 0.900.